The summed E-state index contributed by atoms with van der Waals surface area (Å²) >= 11 is 0. The van der Waals surface area contributed by atoms with Crippen LogP contribution in [-0.4, -0.2) is 53.1 Å². The molecule has 0 radical (unpaired) electrons. The van der Waals surface area contributed by atoms with Crippen LogP contribution in [0.5, 0.6) is 0 Å². The molecule has 220 valence electrons. The van der Waals surface area contributed by atoms with Crippen molar-refractivity contribution in [2.24, 2.45) is 0 Å². The van der Waals surface area contributed by atoms with Crippen LogP contribution in [-0.2, 0) is 9.47 Å². The summed E-state index contributed by atoms with van der Waals surface area (Å²) < 4.78 is 12.2. The molecule has 4 aliphatic heterocycles. The fourth-order valence-electron chi connectivity index (χ4n) is 5.09. The van der Waals surface area contributed by atoms with Crippen molar-refractivity contribution in [1.29, 1.82) is 0 Å². The van der Waals surface area contributed by atoms with Crippen molar-refractivity contribution < 1.29 is 9.47 Å². The molecule has 3 aromatic rings. The van der Waals surface area contributed by atoms with E-state index in [0.717, 1.165) is 47.9 Å². The number of aromatic nitrogens is 8. The van der Waals surface area contributed by atoms with Crippen molar-refractivity contribution >= 4 is 24.3 Å². The second kappa shape index (κ2) is 12.1. The molecular weight excluding hydrogens is 552 g/mol. The van der Waals surface area contributed by atoms with E-state index in [1.54, 1.807) is 0 Å². The molecule has 2 aromatic carbocycles. The van der Waals surface area contributed by atoms with Gasteiger partial charge < -0.3 is 19.4 Å². The standard InChI is InChI=1S/C34H32N8O2/c1-3-5-15-43-21-17-27-35-28(18-21)38-32-24-12-8-10-14-26(24)34(42-32)40-30-20-22(44-16-6-4-2)19-29(36-30)39-33-25-13-9-7-11-23(25)31(37-27)41-33/h7-14,17-20H,3-6,15-16H2,1-2H3,(H2,35,36,37,38,39,40,41,42). The van der Waals surface area contributed by atoms with E-state index in [2.05, 4.69) is 23.8 Å². The SMILES string of the molecule is CCCCOC1=Cc2nc3nc(nc4[nH]c(nc5nc(nc([nH]2)=C1)-c1ccccc1-5)C=C(OCCCC)C=4)-c1ccccc1-3. The smallest absolute Gasteiger partial charge is 0.164 e. The van der Waals surface area contributed by atoms with Gasteiger partial charge in [-0.3, -0.25) is 0 Å². The summed E-state index contributed by atoms with van der Waals surface area (Å²) in [5.74, 6) is 4.60. The molecule has 0 atom stereocenters. The number of unbranched alkanes of at least 4 members (excludes halogenated alkanes) is 2. The number of hydrogen-bond donors (Lipinski definition) is 2. The third kappa shape index (κ3) is 5.66. The highest BCUT2D eigenvalue weighted by atomic mass is 16.5. The molecule has 4 aliphatic rings. The third-order valence-corrected chi connectivity index (χ3v) is 7.31. The molecule has 2 N–H and O–H groups in total. The van der Waals surface area contributed by atoms with Crippen LogP contribution in [0.1, 0.15) is 51.2 Å². The van der Waals surface area contributed by atoms with Gasteiger partial charge in [-0.25, -0.2) is 29.9 Å². The topological polar surface area (TPSA) is 127 Å². The molecule has 5 heterocycles. The van der Waals surface area contributed by atoms with Crippen LogP contribution < -0.4 is 11.0 Å². The number of nitrogens with one attached hydrogen (secondary N) is 2. The maximum atomic E-state index is 6.10. The first-order valence-electron chi connectivity index (χ1n) is 15.0. The van der Waals surface area contributed by atoms with Crippen LogP contribution in [0.4, 0.5) is 0 Å². The number of aromatic amines is 2. The Kier molecular flexibility index (Phi) is 7.54. The van der Waals surface area contributed by atoms with Crippen molar-refractivity contribution in [3.05, 3.63) is 82.7 Å². The second-order valence-corrected chi connectivity index (χ2v) is 10.6. The van der Waals surface area contributed by atoms with E-state index >= 15 is 0 Å². The number of benzene rings is 2. The lowest BCUT2D eigenvalue weighted by Gasteiger charge is -2.08. The van der Waals surface area contributed by atoms with Crippen LogP contribution >= 0.6 is 0 Å². The highest BCUT2D eigenvalue weighted by Crippen LogP contribution is 2.33. The van der Waals surface area contributed by atoms with Crippen LogP contribution in [0.3, 0.4) is 0 Å². The monoisotopic (exact) mass is 584 g/mol. The van der Waals surface area contributed by atoms with Crippen molar-refractivity contribution in [2.45, 2.75) is 39.5 Å². The van der Waals surface area contributed by atoms with Gasteiger partial charge in [0.2, 0.25) is 0 Å². The second-order valence-electron chi connectivity index (χ2n) is 10.6. The van der Waals surface area contributed by atoms with Gasteiger partial charge in [0.25, 0.3) is 0 Å². The van der Waals surface area contributed by atoms with E-state index in [1.165, 1.54) is 0 Å². The van der Waals surface area contributed by atoms with Crippen LogP contribution in [0.2, 0.25) is 0 Å². The van der Waals surface area contributed by atoms with E-state index in [-0.39, 0.29) is 0 Å². The van der Waals surface area contributed by atoms with Crippen molar-refractivity contribution in [1.82, 2.24) is 39.9 Å². The molecule has 0 saturated carbocycles. The minimum Gasteiger partial charge on any atom is -0.493 e. The minimum absolute atomic E-state index is 0.541. The summed E-state index contributed by atoms with van der Waals surface area (Å²) in [6.07, 6.45) is 11.4. The average molecular weight is 585 g/mol. The summed E-state index contributed by atoms with van der Waals surface area (Å²) in [7, 11) is 0. The first-order chi connectivity index (χ1) is 21.7. The molecule has 44 heavy (non-hydrogen) atoms. The summed E-state index contributed by atoms with van der Waals surface area (Å²) in [6.45, 7) is 5.46. The Balaban J connectivity index is 1.52. The molecule has 0 fully saturated rings. The highest BCUT2D eigenvalue weighted by Gasteiger charge is 2.21. The minimum atomic E-state index is 0.541. The lowest BCUT2D eigenvalue weighted by Crippen LogP contribution is -2.17. The Morgan fingerprint density at radius 1 is 0.500 bits per heavy atom. The zero-order valence-electron chi connectivity index (χ0n) is 24.7. The average Bonchev–Trinajstić information content (AvgIpc) is 3.54. The highest BCUT2D eigenvalue weighted by molar-refractivity contribution is 5.83. The zero-order chi connectivity index (χ0) is 29.9. The number of rotatable bonds is 8. The van der Waals surface area contributed by atoms with Gasteiger partial charge in [0.05, 0.1) is 13.2 Å². The molecule has 0 aliphatic carbocycles. The predicted molar refractivity (Wildman–Crippen MR) is 170 cm³/mol. The van der Waals surface area contributed by atoms with Gasteiger partial charge in [0.15, 0.2) is 23.3 Å². The van der Waals surface area contributed by atoms with Crippen LogP contribution in [0.25, 0.3) is 69.9 Å². The maximum Gasteiger partial charge on any atom is 0.164 e. The van der Waals surface area contributed by atoms with Crippen molar-refractivity contribution in [3.63, 3.8) is 0 Å². The number of nitrogens with zero attached hydrogens (tertiary/aromatic N) is 6. The Labute approximate surface area is 254 Å². The first kappa shape index (κ1) is 27.5. The van der Waals surface area contributed by atoms with Crippen LogP contribution in [0, 0.1) is 0 Å². The van der Waals surface area contributed by atoms with Crippen molar-refractivity contribution in [3.8, 4) is 45.6 Å². The Hall–Kier alpha value is -5.38. The summed E-state index contributed by atoms with van der Waals surface area (Å²) in [5, 5.41) is 0. The van der Waals surface area contributed by atoms with Gasteiger partial charge in [-0.05, 0) is 12.8 Å². The molecule has 0 spiro atoms. The number of allylic oxidation sites excluding steroid dienone is 2. The maximum absolute atomic E-state index is 6.10. The molecule has 0 amide bonds. The number of fused-ring (bicyclic) bond motifs is 14. The number of hydrogen-bond acceptors (Lipinski definition) is 8. The van der Waals surface area contributed by atoms with E-state index in [0.29, 0.717) is 70.6 Å². The molecule has 7 rings (SSSR count). The lowest BCUT2D eigenvalue weighted by molar-refractivity contribution is 0.226. The van der Waals surface area contributed by atoms with E-state index < -0.39 is 0 Å². The van der Waals surface area contributed by atoms with Gasteiger partial charge in [-0.15, -0.1) is 0 Å². The number of H-pyrrole nitrogens is 2. The van der Waals surface area contributed by atoms with Gasteiger partial charge in [-0.1, -0.05) is 75.2 Å². The first-order valence-corrected chi connectivity index (χ1v) is 15.0. The fourth-order valence-corrected chi connectivity index (χ4v) is 5.09. The fraction of sp³-hybridized carbons (Fsp3) is 0.235. The third-order valence-electron chi connectivity index (χ3n) is 7.31. The summed E-state index contributed by atoms with van der Waals surface area (Å²) in [5.41, 5.74) is 4.64. The summed E-state index contributed by atoms with van der Waals surface area (Å²) in [6, 6.07) is 15.9. The summed E-state index contributed by atoms with van der Waals surface area (Å²) in [4.78, 5) is 36.1. The van der Waals surface area contributed by atoms with Gasteiger partial charge in [0, 0.05) is 46.6 Å². The molecular formula is C34H32N8O2. The van der Waals surface area contributed by atoms with Crippen LogP contribution in [0.15, 0.2) is 60.0 Å². The van der Waals surface area contributed by atoms with E-state index in [9.17, 15) is 0 Å². The normalized spacial score (nSPS) is 13.0. The zero-order valence-corrected chi connectivity index (χ0v) is 24.7. The van der Waals surface area contributed by atoms with E-state index in [4.69, 9.17) is 39.4 Å². The van der Waals surface area contributed by atoms with E-state index in [1.807, 2.05) is 72.8 Å². The Morgan fingerprint density at radius 3 is 1.27 bits per heavy atom. The molecule has 8 bridgehead atoms. The molecule has 10 heteroatoms. The largest absolute Gasteiger partial charge is 0.493 e. The molecule has 0 unspecified atom stereocenters. The quantitative estimate of drug-likeness (QED) is 0.236. The Bertz CT molecular complexity index is 1880. The van der Waals surface area contributed by atoms with Gasteiger partial charge in [-0.2, -0.15) is 0 Å². The molecule has 0 saturated heterocycles. The number of ether oxygens (including phenoxy) is 2. The van der Waals surface area contributed by atoms with Crippen molar-refractivity contribution in [2.75, 3.05) is 13.2 Å². The Morgan fingerprint density at radius 2 is 0.886 bits per heavy atom. The van der Waals surface area contributed by atoms with Gasteiger partial charge >= 0.3 is 0 Å². The predicted octanol–water partition coefficient (Wildman–Crippen LogP) is 5.28. The molecule has 10 nitrogen and oxygen atoms in total. The van der Waals surface area contributed by atoms with Gasteiger partial charge in [0.1, 0.15) is 34.1 Å². The molecule has 1 aromatic heterocycles. The lowest BCUT2D eigenvalue weighted by atomic mass is 10.1.